The van der Waals surface area contributed by atoms with Crippen molar-refractivity contribution in [1.29, 1.82) is 0 Å². The molecule has 88 valence electrons. The highest BCUT2D eigenvalue weighted by molar-refractivity contribution is 5.59. The molecule has 2 aromatic heterocycles. The van der Waals surface area contributed by atoms with Crippen molar-refractivity contribution in [2.75, 3.05) is 0 Å². The Hall–Kier alpha value is -2.69. The van der Waals surface area contributed by atoms with E-state index in [0.29, 0.717) is 11.6 Å². The predicted molar refractivity (Wildman–Crippen MR) is 66.1 cm³/mol. The van der Waals surface area contributed by atoms with Crippen LogP contribution in [0.25, 0.3) is 11.3 Å². The Balaban J connectivity index is 1.81. The SMILES string of the molecule is c1ccc(-c2ccc(Oc3cn[nH]n3)cn2)cc1. The zero-order valence-electron chi connectivity index (χ0n) is 9.45. The fourth-order valence-electron chi connectivity index (χ4n) is 1.58. The van der Waals surface area contributed by atoms with Gasteiger partial charge in [0.15, 0.2) is 0 Å². The molecule has 0 saturated carbocycles. The fourth-order valence-corrected chi connectivity index (χ4v) is 1.58. The molecule has 18 heavy (non-hydrogen) atoms. The summed E-state index contributed by atoms with van der Waals surface area (Å²) in [5.41, 5.74) is 1.98. The van der Waals surface area contributed by atoms with Gasteiger partial charge in [0, 0.05) is 5.56 Å². The number of H-pyrrole nitrogens is 1. The molecule has 0 radical (unpaired) electrons. The highest BCUT2D eigenvalue weighted by Crippen LogP contribution is 2.21. The molecule has 0 bridgehead atoms. The predicted octanol–water partition coefficient (Wildman–Crippen LogP) is 2.66. The van der Waals surface area contributed by atoms with E-state index in [1.165, 1.54) is 6.20 Å². The second-order valence-corrected chi connectivity index (χ2v) is 3.66. The number of ether oxygens (including phenoxy) is 1. The second kappa shape index (κ2) is 4.67. The molecule has 0 spiro atoms. The molecule has 0 aliphatic heterocycles. The van der Waals surface area contributed by atoms with Crippen LogP contribution in [-0.4, -0.2) is 20.4 Å². The van der Waals surface area contributed by atoms with Crippen LogP contribution in [0.5, 0.6) is 11.6 Å². The Bertz CT molecular complexity index is 605. The molecule has 0 aliphatic carbocycles. The maximum atomic E-state index is 5.44. The average Bonchev–Trinajstić information content (AvgIpc) is 2.94. The summed E-state index contributed by atoms with van der Waals surface area (Å²) in [6, 6.07) is 13.7. The minimum atomic E-state index is 0.421. The quantitative estimate of drug-likeness (QED) is 0.761. The first-order valence-corrected chi connectivity index (χ1v) is 5.47. The number of nitrogens with zero attached hydrogens (tertiary/aromatic N) is 3. The third-order valence-corrected chi connectivity index (χ3v) is 2.42. The Kier molecular flexibility index (Phi) is 2.71. The highest BCUT2D eigenvalue weighted by Gasteiger charge is 2.02. The number of aromatic amines is 1. The van der Waals surface area contributed by atoms with Crippen molar-refractivity contribution >= 4 is 0 Å². The first kappa shape index (κ1) is 10.5. The lowest BCUT2D eigenvalue weighted by molar-refractivity contribution is 0.459. The third-order valence-electron chi connectivity index (χ3n) is 2.42. The van der Waals surface area contributed by atoms with E-state index in [0.717, 1.165) is 11.3 Å². The maximum absolute atomic E-state index is 5.44. The van der Waals surface area contributed by atoms with Gasteiger partial charge in [0.05, 0.1) is 11.9 Å². The monoisotopic (exact) mass is 238 g/mol. The molecule has 0 saturated heterocycles. The van der Waals surface area contributed by atoms with Gasteiger partial charge in [0.25, 0.3) is 5.88 Å². The molecule has 0 unspecified atom stereocenters. The number of rotatable bonds is 3. The summed E-state index contributed by atoms with van der Waals surface area (Å²) in [4.78, 5) is 4.35. The Morgan fingerprint density at radius 1 is 0.944 bits per heavy atom. The summed E-state index contributed by atoms with van der Waals surface area (Å²) in [7, 11) is 0. The zero-order valence-corrected chi connectivity index (χ0v) is 9.45. The van der Waals surface area contributed by atoms with E-state index in [4.69, 9.17) is 4.74 Å². The molecule has 1 aromatic carbocycles. The van der Waals surface area contributed by atoms with Gasteiger partial charge in [-0.1, -0.05) is 30.3 Å². The number of pyridine rings is 1. The van der Waals surface area contributed by atoms with Crippen LogP contribution in [0.3, 0.4) is 0 Å². The van der Waals surface area contributed by atoms with E-state index >= 15 is 0 Å². The summed E-state index contributed by atoms with van der Waals surface area (Å²) in [6.07, 6.45) is 3.17. The van der Waals surface area contributed by atoms with Crippen molar-refractivity contribution in [2.24, 2.45) is 0 Å². The molecule has 5 heteroatoms. The zero-order chi connectivity index (χ0) is 12.2. The van der Waals surface area contributed by atoms with Crippen LogP contribution in [0.15, 0.2) is 54.9 Å². The second-order valence-electron chi connectivity index (χ2n) is 3.66. The number of nitrogens with one attached hydrogen (secondary N) is 1. The summed E-state index contributed by atoms with van der Waals surface area (Å²) < 4.78 is 5.44. The van der Waals surface area contributed by atoms with Gasteiger partial charge in [0.1, 0.15) is 11.9 Å². The molecule has 0 amide bonds. The molecule has 2 heterocycles. The van der Waals surface area contributed by atoms with E-state index in [9.17, 15) is 0 Å². The van der Waals surface area contributed by atoms with E-state index < -0.39 is 0 Å². The van der Waals surface area contributed by atoms with Crippen LogP contribution in [0.4, 0.5) is 0 Å². The van der Waals surface area contributed by atoms with Gasteiger partial charge < -0.3 is 4.74 Å². The molecule has 1 N–H and O–H groups in total. The Morgan fingerprint density at radius 2 is 1.83 bits per heavy atom. The summed E-state index contributed by atoms with van der Waals surface area (Å²) >= 11 is 0. The molecular weight excluding hydrogens is 228 g/mol. The fraction of sp³-hybridized carbons (Fsp3) is 0. The van der Waals surface area contributed by atoms with Crippen molar-refractivity contribution in [3.63, 3.8) is 0 Å². The average molecular weight is 238 g/mol. The number of hydrogen-bond donors (Lipinski definition) is 1. The lowest BCUT2D eigenvalue weighted by atomic mass is 10.1. The van der Waals surface area contributed by atoms with Gasteiger partial charge in [-0.2, -0.15) is 10.3 Å². The topological polar surface area (TPSA) is 63.7 Å². The lowest BCUT2D eigenvalue weighted by Crippen LogP contribution is -1.87. The maximum Gasteiger partial charge on any atom is 0.258 e. The number of hydrogen-bond acceptors (Lipinski definition) is 4. The van der Waals surface area contributed by atoms with Crippen molar-refractivity contribution in [2.45, 2.75) is 0 Å². The highest BCUT2D eigenvalue weighted by atomic mass is 16.5. The Labute approximate surface area is 103 Å². The van der Waals surface area contributed by atoms with Gasteiger partial charge in [-0.3, -0.25) is 4.98 Å². The van der Waals surface area contributed by atoms with Gasteiger partial charge >= 0.3 is 0 Å². The van der Waals surface area contributed by atoms with E-state index in [1.54, 1.807) is 6.20 Å². The van der Waals surface area contributed by atoms with E-state index in [2.05, 4.69) is 20.4 Å². The van der Waals surface area contributed by atoms with Crippen molar-refractivity contribution in [3.05, 3.63) is 54.9 Å². The number of benzene rings is 1. The standard InChI is InChI=1S/C13H10N4O/c1-2-4-10(5-3-1)12-7-6-11(8-14-12)18-13-9-15-17-16-13/h1-9H,(H,15,16,17). The molecule has 3 aromatic rings. The first-order chi connectivity index (χ1) is 8.92. The molecule has 0 atom stereocenters. The van der Waals surface area contributed by atoms with E-state index in [1.807, 2.05) is 42.5 Å². The van der Waals surface area contributed by atoms with Crippen LogP contribution in [0.2, 0.25) is 0 Å². The van der Waals surface area contributed by atoms with Crippen LogP contribution in [-0.2, 0) is 0 Å². The minimum Gasteiger partial charge on any atom is -0.435 e. The van der Waals surface area contributed by atoms with Crippen molar-refractivity contribution < 1.29 is 4.74 Å². The summed E-state index contributed by atoms with van der Waals surface area (Å²) in [5.74, 6) is 1.05. The normalized spacial score (nSPS) is 10.2. The molecule has 3 rings (SSSR count). The van der Waals surface area contributed by atoms with Gasteiger partial charge in [-0.25, -0.2) is 0 Å². The van der Waals surface area contributed by atoms with Crippen LogP contribution >= 0.6 is 0 Å². The van der Waals surface area contributed by atoms with Crippen molar-refractivity contribution in [3.8, 4) is 22.9 Å². The molecule has 5 nitrogen and oxygen atoms in total. The summed E-state index contributed by atoms with van der Waals surface area (Å²) in [6.45, 7) is 0. The lowest BCUT2D eigenvalue weighted by Gasteiger charge is -2.03. The smallest absolute Gasteiger partial charge is 0.258 e. The minimum absolute atomic E-state index is 0.421. The largest absolute Gasteiger partial charge is 0.435 e. The van der Waals surface area contributed by atoms with Gasteiger partial charge in [0.2, 0.25) is 0 Å². The van der Waals surface area contributed by atoms with Crippen LogP contribution < -0.4 is 4.74 Å². The number of aromatic nitrogens is 4. The molecule has 0 aliphatic rings. The first-order valence-electron chi connectivity index (χ1n) is 5.47. The Morgan fingerprint density at radius 3 is 2.50 bits per heavy atom. The molecular formula is C13H10N4O. The van der Waals surface area contributed by atoms with Crippen molar-refractivity contribution in [1.82, 2.24) is 20.4 Å². The van der Waals surface area contributed by atoms with Gasteiger partial charge in [-0.05, 0) is 12.1 Å². The van der Waals surface area contributed by atoms with Crippen LogP contribution in [0.1, 0.15) is 0 Å². The van der Waals surface area contributed by atoms with Gasteiger partial charge in [-0.15, -0.1) is 5.10 Å². The summed E-state index contributed by atoms with van der Waals surface area (Å²) in [5, 5.41) is 9.95. The van der Waals surface area contributed by atoms with E-state index in [-0.39, 0.29) is 0 Å². The van der Waals surface area contributed by atoms with Crippen LogP contribution in [0, 0.1) is 0 Å². The third kappa shape index (κ3) is 2.20. The molecule has 0 fully saturated rings.